The van der Waals surface area contributed by atoms with Crippen molar-refractivity contribution >= 4 is 15.9 Å². The maximum absolute atomic E-state index is 9.84. The molecule has 0 spiro atoms. The first-order valence-electron chi connectivity index (χ1n) is 4.65. The maximum Gasteiger partial charge on any atom is 0.0608 e. The molecule has 0 aromatic carbocycles. The molecule has 58 valence electrons. The molecule has 0 radical (unpaired) electrons. The van der Waals surface area contributed by atoms with E-state index in [9.17, 15) is 5.11 Å². The van der Waals surface area contributed by atoms with Gasteiger partial charge in [-0.2, -0.15) is 0 Å². The van der Waals surface area contributed by atoms with Gasteiger partial charge >= 0.3 is 0 Å². The fourth-order valence-electron chi connectivity index (χ4n) is 5.73. The van der Waals surface area contributed by atoms with Crippen LogP contribution in [0.3, 0.4) is 0 Å². The Morgan fingerprint density at radius 2 is 1.45 bits per heavy atom. The zero-order chi connectivity index (χ0) is 7.12. The Labute approximate surface area is 73.3 Å². The Kier molecular flexibility index (Phi) is 0.477. The maximum atomic E-state index is 9.84. The second-order valence-electron chi connectivity index (χ2n) is 5.20. The number of halogens is 1. The molecule has 0 aliphatic heterocycles. The summed E-state index contributed by atoms with van der Waals surface area (Å²) in [5, 5.41) is 9.84. The lowest BCUT2D eigenvalue weighted by molar-refractivity contribution is -0.349. The van der Waals surface area contributed by atoms with Crippen LogP contribution < -0.4 is 0 Å². The summed E-state index contributed by atoms with van der Waals surface area (Å²) >= 11 is 3.89. The van der Waals surface area contributed by atoms with Crippen molar-refractivity contribution in [3.63, 3.8) is 0 Å². The van der Waals surface area contributed by atoms with Crippen molar-refractivity contribution in [2.75, 3.05) is 0 Å². The molecule has 1 nitrogen and oxygen atoms in total. The summed E-state index contributed by atoms with van der Waals surface area (Å²) in [6, 6.07) is 0. The van der Waals surface area contributed by atoms with Crippen LogP contribution in [0.25, 0.3) is 0 Å². The Bertz CT molecular complexity index is 282. The van der Waals surface area contributed by atoms with Gasteiger partial charge in [0.05, 0.1) is 6.10 Å². The smallest absolute Gasteiger partial charge is 0.0608 e. The predicted octanol–water partition coefficient (Wildman–Crippen LogP) is 0.862. The highest BCUT2D eigenvalue weighted by molar-refractivity contribution is 9.10. The molecule has 11 heavy (non-hydrogen) atoms. The SMILES string of the molecule is O[C@@H]1C2[C@H]3C4[C@H]2[C@@H]2C1[C@H]3C42Br. The first-order valence-corrected chi connectivity index (χ1v) is 5.44. The second-order valence-corrected chi connectivity index (χ2v) is 6.58. The van der Waals surface area contributed by atoms with E-state index in [1.54, 1.807) is 0 Å². The topological polar surface area (TPSA) is 20.2 Å². The third kappa shape index (κ3) is 0.218. The Balaban J connectivity index is 1.84. The molecule has 9 atom stereocenters. The van der Waals surface area contributed by atoms with Gasteiger partial charge < -0.3 is 5.11 Å². The van der Waals surface area contributed by atoms with Crippen molar-refractivity contribution < 1.29 is 5.11 Å². The Morgan fingerprint density at radius 3 is 1.91 bits per heavy atom. The van der Waals surface area contributed by atoms with E-state index in [0.29, 0.717) is 4.32 Å². The first-order chi connectivity index (χ1) is 5.28. The van der Waals surface area contributed by atoms with Crippen LogP contribution in [0.2, 0.25) is 0 Å². The van der Waals surface area contributed by atoms with E-state index >= 15 is 0 Å². The quantitative estimate of drug-likeness (QED) is 0.592. The highest BCUT2D eigenvalue weighted by Gasteiger charge is 2.99. The van der Waals surface area contributed by atoms with E-state index in [2.05, 4.69) is 15.9 Å². The van der Waals surface area contributed by atoms with E-state index in [1.807, 2.05) is 0 Å². The fraction of sp³-hybridized carbons (Fsp3) is 1.00. The molecule has 2 bridgehead atoms. The largest absolute Gasteiger partial charge is 0.393 e. The molecule has 0 saturated heterocycles. The lowest BCUT2D eigenvalue weighted by atomic mass is 9.20. The normalized spacial score (nSPS) is 96.5. The molecule has 0 heterocycles. The zero-order valence-electron chi connectivity index (χ0n) is 5.94. The zero-order valence-corrected chi connectivity index (χ0v) is 7.53. The molecule has 0 amide bonds. The van der Waals surface area contributed by atoms with Crippen molar-refractivity contribution in [1.29, 1.82) is 0 Å². The predicted molar refractivity (Wildman–Crippen MR) is 42.1 cm³/mol. The van der Waals surface area contributed by atoms with E-state index in [4.69, 9.17) is 0 Å². The second kappa shape index (κ2) is 1.00. The van der Waals surface area contributed by atoms with Crippen molar-refractivity contribution in [2.24, 2.45) is 41.4 Å². The minimum absolute atomic E-state index is 0.115. The highest BCUT2D eigenvalue weighted by atomic mass is 79.9. The van der Waals surface area contributed by atoms with Gasteiger partial charge in [-0.25, -0.2) is 0 Å². The molecule has 6 rings (SSSR count). The number of aliphatic hydroxyl groups excluding tert-OH is 1. The first kappa shape index (κ1) is 5.23. The summed E-state index contributed by atoms with van der Waals surface area (Å²) < 4.78 is 0.584. The van der Waals surface area contributed by atoms with Crippen LogP contribution in [0.15, 0.2) is 0 Å². The molecule has 0 aromatic heterocycles. The summed E-state index contributed by atoms with van der Waals surface area (Å²) in [5.41, 5.74) is 0. The van der Waals surface area contributed by atoms with Gasteiger partial charge in [0.2, 0.25) is 0 Å². The van der Waals surface area contributed by atoms with Crippen molar-refractivity contribution in [3.8, 4) is 0 Å². The van der Waals surface area contributed by atoms with Gasteiger partial charge in [-0.15, -0.1) is 0 Å². The molecule has 6 saturated carbocycles. The summed E-state index contributed by atoms with van der Waals surface area (Å²) in [5.74, 6) is 6.24. The van der Waals surface area contributed by atoms with E-state index in [0.717, 1.165) is 41.4 Å². The molecule has 6 aliphatic carbocycles. The van der Waals surface area contributed by atoms with Crippen LogP contribution in [0.5, 0.6) is 0 Å². The molecule has 4 unspecified atom stereocenters. The number of hydrogen-bond donors (Lipinski definition) is 1. The lowest BCUT2D eigenvalue weighted by Crippen LogP contribution is -2.90. The average molecular weight is 213 g/mol. The van der Waals surface area contributed by atoms with E-state index < -0.39 is 0 Å². The minimum Gasteiger partial charge on any atom is -0.393 e. The average Bonchev–Trinajstić information content (AvgIpc) is 2.16. The van der Waals surface area contributed by atoms with Crippen molar-refractivity contribution in [2.45, 2.75) is 10.4 Å². The fourth-order valence-corrected chi connectivity index (χ4v) is 7.56. The van der Waals surface area contributed by atoms with Crippen LogP contribution in [0, 0.1) is 41.4 Å². The van der Waals surface area contributed by atoms with Gasteiger partial charge in [-0.05, 0) is 41.4 Å². The molecule has 0 aromatic rings. The molecule has 6 aliphatic rings. The third-order valence-electron chi connectivity index (χ3n) is 5.70. The van der Waals surface area contributed by atoms with Gasteiger partial charge in [-0.1, -0.05) is 15.9 Å². The Hall–Kier alpha value is 0.440. The molecule has 1 N–H and O–H groups in total. The van der Waals surface area contributed by atoms with Crippen molar-refractivity contribution in [1.82, 2.24) is 0 Å². The van der Waals surface area contributed by atoms with Gasteiger partial charge in [0.25, 0.3) is 0 Å². The van der Waals surface area contributed by atoms with Gasteiger partial charge in [-0.3, -0.25) is 0 Å². The molecule has 6 fully saturated rings. The summed E-state index contributed by atoms with van der Waals surface area (Å²) in [7, 11) is 0. The van der Waals surface area contributed by atoms with Crippen LogP contribution in [-0.2, 0) is 0 Å². The van der Waals surface area contributed by atoms with Crippen LogP contribution in [0.4, 0.5) is 0 Å². The van der Waals surface area contributed by atoms with Crippen LogP contribution in [0.1, 0.15) is 0 Å². The standard InChI is InChI=1S/C9H9BrO/c10-9-5-2-1-3(5)7(9)4(6(2)9)8(1)11/h1-8,11H/t1?,2-,3-,4?,5?,6-,7+,8+,9?/m0/s1. The number of aliphatic hydroxyl groups is 1. The van der Waals surface area contributed by atoms with E-state index in [1.165, 1.54) is 0 Å². The third-order valence-corrected chi connectivity index (χ3v) is 7.28. The summed E-state index contributed by atoms with van der Waals surface area (Å²) in [4.78, 5) is 0. The molecule has 2 heteroatoms. The highest BCUT2D eigenvalue weighted by Crippen LogP contribution is 2.98. The van der Waals surface area contributed by atoms with E-state index in [-0.39, 0.29) is 6.10 Å². The van der Waals surface area contributed by atoms with Crippen LogP contribution >= 0.6 is 15.9 Å². The Morgan fingerprint density at radius 1 is 0.909 bits per heavy atom. The van der Waals surface area contributed by atoms with Gasteiger partial charge in [0.1, 0.15) is 0 Å². The monoisotopic (exact) mass is 212 g/mol. The summed E-state index contributed by atoms with van der Waals surface area (Å²) in [6.07, 6.45) is 0.115. The van der Waals surface area contributed by atoms with Gasteiger partial charge in [0, 0.05) is 4.32 Å². The molecular formula is C9H9BrO. The van der Waals surface area contributed by atoms with Gasteiger partial charge in [0.15, 0.2) is 0 Å². The summed E-state index contributed by atoms with van der Waals surface area (Å²) in [6.45, 7) is 0. The van der Waals surface area contributed by atoms with Crippen LogP contribution in [-0.4, -0.2) is 15.5 Å². The minimum atomic E-state index is 0.115. The van der Waals surface area contributed by atoms with Crippen molar-refractivity contribution in [3.05, 3.63) is 0 Å². The number of rotatable bonds is 0. The lowest BCUT2D eigenvalue weighted by Gasteiger charge is -2.88. The number of alkyl halides is 1. The molecular weight excluding hydrogens is 204 g/mol. The number of hydrogen-bond acceptors (Lipinski definition) is 1.